The van der Waals surface area contributed by atoms with E-state index < -0.39 is 8.80 Å². The molecule has 0 aromatic heterocycles. The molecule has 0 aromatic carbocycles. The van der Waals surface area contributed by atoms with Crippen LogP contribution in [0.5, 0.6) is 0 Å². The summed E-state index contributed by atoms with van der Waals surface area (Å²) >= 11 is 0. The van der Waals surface area contributed by atoms with Crippen LogP contribution in [-0.2, 0) is 13.3 Å². The van der Waals surface area contributed by atoms with Gasteiger partial charge in [-0.05, 0) is 54.4 Å². The van der Waals surface area contributed by atoms with E-state index in [0.717, 1.165) is 0 Å². The van der Waals surface area contributed by atoms with Gasteiger partial charge in [-0.25, -0.2) is 0 Å². The summed E-state index contributed by atoms with van der Waals surface area (Å²) in [7, 11) is -2.50. The van der Waals surface area contributed by atoms with Gasteiger partial charge in [0.05, 0.1) is 0 Å². The normalized spacial score (nSPS) is 18.2. The van der Waals surface area contributed by atoms with Crippen LogP contribution in [0, 0.1) is 0 Å². The minimum Gasteiger partial charge on any atom is -0.371 e. The standard InChI is InChI=1S/C13H28O3Si/c1-10(2)14-17(15-11(3)4,16-12(5)6)13-8-7-9-13/h10-13H,7-9H2,1-6H3. The molecule has 1 rings (SSSR count). The van der Waals surface area contributed by atoms with Gasteiger partial charge in [0.1, 0.15) is 0 Å². The zero-order chi connectivity index (χ0) is 13.1. The highest BCUT2D eigenvalue weighted by atomic mass is 28.4. The highest BCUT2D eigenvalue weighted by Gasteiger charge is 2.53. The lowest BCUT2D eigenvalue weighted by Gasteiger charge is -2.43. The molecule has 1 aliphatic rings. The second-order valence-electron chi connectivity index (χ2n) is 5.73. The fraction of sp³-hybridized carbons (Fsp3) is 1.00. The molecule has 0 unspecified atom stereocenters. The third-order valence-corrected chi connectivity index (χ3v) is 6.78. The van der Waals surface area contributed by atoms with E-state index in [1.807, 2.05) is 0 Å². The average molecular weight is 260 g/mol. The molecule has 0 heterocycles. The third kappa shape index (κ3) is 4.36. The average Bonchev–Trinajstić information content (AvgIpc) is 1.93. The molecule has 1 saturated carbocycles. The first kappa shape index (κ1) is 15.2. The summed E-state index contributed by atoms with van der Waals surface area (Å²) < 4.78 is 18.5. The quantitative estimate of drug-likeness (QED) is 0.652. The lowest BCUT2D eigenvalue weighted by atomic mass is 10.00. The van der Waals surface area contributed by atoms with E-state index >= 15 is 0 Å². The maximum atomic E-state index is 6.16. The van der Waals surface area contributed by atoms with Gasteiger partial charge in [0.25, 0.3) is 0 Å². The molecule has 0 spiro atoms. The highest BCUT2D eigenvalue weighted by Crippen LogP contribution is 2.44. The van der Waals surface area contributed by atoms with Gasteiger partial charge < -0.3 is 13.3 Å². The van der Waals surface area contributed by atoms with Gasteiger partial charge in [-0.2, -0.15) is 0 Å². The summed E-state index contributed by atoms with van der Waals surface area (Å²) in [6.45, 7) is 12.4. The van der Waals surface area contributed by atoms with Crippen molar-refractivity contribution in [2.24, 2.45) is 0 Å². The maximum Gasteiger partial charge on any atom is 0.504 e. The first-order chi connectivity index (χ1) is 7.85. The summed E-state index contributed by atoms with van der Waals surface area (Å²) in [5, 5.41) is 0. The summed E-state index contributed by atoms with van der Waals surface area (Å²) in [6.07, 6.45) is 4.17. The Labute approximate surface area is 107 Å². The van der Waals surface area contributed by atoms with Crippen LogP contribution in [0.2, 0.25) is 5.54 Å². The number of rotatable bonds is 7. The summed E-state index contributed by atoms with van der Waals surface area (Å²) in [5.41, 5.74) is 0.509. The second-order valence-corrected chi connectivity index (χ2v) is 8.46. The molecule has 4 heteroatoms. The van der Waals surface area contributed by atoms with Crippen molar-refractivity contribution in [3.8, 4) is 0 Å². The predicted molar refractivity (Wildman–Crippen MR) is 72.0 cm³/mol. The van der Waals surface area contributed by atoms with Gasteiger partial charge in [-0.1, -0.05) is 6.42 Å². The predicted octanol–water partition coefficient (Wildman–Crippen LogP) is 3.75. The van der Waals surface area contributed by atoms with Gasteiger partial charge in [0, 0.05) is 23.9 Å². The van der Waals surface area contributed by atoms with Crippen LogP contribution < -0.4 is 0 Å². The molecule has 17 heavy (non-hydrogen) atoms. The van der Waals surface area contributed by atoms with Crippen LogP contribution in [0.1, 0.15) is 60.8 Å². The van der Waals surface area contributed by atoms with Crippen LogP contribution in [-0.4, -0.2) is 27.1 Å². The Morgan fingerprint density at radius 3 is 1.29 bits per heavy atom. The Balaban J connectivity index is 2.82. The first-order valence-electron chi connectivity index (χ1n) is 6.89. The molecule has 0 aliphatic heterocycles. The molecular weight excluding hydrogens is 232 g/mol. The van der Waals surface area contributed by atoms with Crippen molar-refractivity contribution in [2.45, 2.75) is 84.7 Å². The molecule has 0 amide bonds. The summed E-state index contributed by atoms with van der Waals surface area (Å²) in [4.78, 5) is 0. The highest BCUT2D eigenvalue weighted by molar-refractivity contribution is 6.62. The molecule has 1 fully saturated rings. The van der Waals surface area contributed by atoms with E-state index in [-0.39, 0.29) is 18.3 Å². The topological polar surface area (TPSA) is 27.7 Å². The molecule has 102 valence electrons. The minimum absolute atomic E-state index is 0.166. The van der Waals surface area contributed by atoms with Crippen LogP contribution >= 0.6 is 0 Å². The SMILES string of the molecule is CC(C)O[Si](OC(C)C)(OC(C)C)C1CCC1. The number of hydrogen-bond donors (Lipinski definition) is 0. The van der Waals surface area contributed by atoms with Crippen molar-refractivity contribution < 1.29 is 13.3 Å². The van der Waals surface area contributed by atoms with Crippen molar-refractivity contribution in [3.05, 3.63) is 0 Å². The third-order valence-electron chi connectivity index (χ3n) is 2.81. The Hall–Kier alpha value is 0.0969. The van der Waals surface area contributed by atoms with E-state index in [1.165, 1.54) is 19.3 Å². The van der Waals surface area contributed by atoms with Crippen LogP contribution in [0.15, 0.2) is 0 Å². The Bertz CT molecular complexity index is 198. The molecule has 1 aliphatic carbocycles. The molecule has 0 aromatic rings. The van der Waals surface area contributed by atoms with Crippen LogP contribution in [0.4, 0.5) is 0 Å². The van der Waals surface area contributed by atoms with Crippen molar-refractivity contribution in [1.29, 1.82) is 0 Å². The smallest absolute Gasteiger partial charge is 0.371 e. The monoisotopic (exact) mass is 260 g/mol. The molecule has 0 saturated heterocycles. The Kier molecular flexibility index (Phi) is 5.63. The van der Waals surface area contributed by atoms with E-state index in [2.05, 4.69) is 41.5 Å². The Morgan fingerprint density at radius 2 is 1.12 bits per heavy atom. The van der Waals surface area contributed by atoms with Crippen LogP contribution in [0.3, 0.4) is 0 Å². The molecule has 0 bridgehead atoms. The first-order valence-corrected chi connectivity index (χ1v) is 8.69. The number of hydrogen-bond acceptors (Lipinski definition) is 3. The van der Waals surface area contributed by atoms with Gasteiger partial charge in [-0.15, -0.1) is 0 Å². The summed E-state index contributed by atoms with van der Waals surface area (Å²) in [6, 6.07) is 0. The maximum absolute atomic E-state index is 6.16. The van der Waals surface area contributed by atoms with Crippen LogP contribution in [0.25, 0.3) is 0 Å². The van der Waals surface area contributed by atoms with E-state index in [0.29, 0.717) is 5.54 Å². The second kappa shape index (κ2) is 6.32. The lowest BCUT2D eigenvalue weighted by molar-refractivity contribution is -0.0118. The zero-order valence-electron chi connectivity index (χ0n) is 12.2. The zero-order valence-corrected chi connectivity index (χ0v) is 13.2. The largest absolute Gasteiger partial charge is 0.504 e. The van der Waals surface area contributed by atoms with E-state index in [1.54, 1.807) is 0 Å². The molecule has 0 N–H and O–H groups in total. The Morgan fingerprint density at radius 1 is 0.765 bits per heavy atom. The van der Waals surface area contributed by atoms with Crippen molar-refractivity contribution >= 4 is 8.80 Å². The fourth-order valence-corrected chi connectivity index (χ4v) is 5.95. The van der Waals surface area contributed by atoms with E-state index in [4.69, 9.17) is 13.3 Å². The van der Waals surface area contributed by atoms with Crippen molar-refractivity contribution in [3.63, 3.8) is 0 Å². The molecular formula is C13H28O3Si. The van der Waals surface area contributed by atoms with Gasteiger partial charge in [0.2, 0.25) is 0 Å². The fourth-order valence-electron chi connectivity index (χ4n) is 2.12. The molecule has 0 atom stereocenters. The lowest BCUT2D eigenvalue weighted by Crippen LogP contribution is -2.56. The van der Waals surface area contributed by atoms with Crippen molar-refractivity contribution in [1.82, 2.24) is 0 Å². The molecule has 3 nitrogen and oxygen atoms in total. The van der Waals surface area contributed by atoms with Gasteiger partial charge in [0.15, 0.2) is 0 Å². The summed E-state index contributed by atoms with van der Waals surface area (Å²) in [5.74, 6) is 0. The van der Waals surface area contributed by atoms with Gasteiger partial charge >= 0.3 is 8.80 Å². The van der Waals surface area contributed by atoms with E-state index in [9.17, 15) is 0 Å². The van der Waals surface area contributed by atoms with Gasteiger partial charge in [-0.3, -0.25) is 0 Å². The molecule has 0 radical (unpaired) electrons. The van der Waals surface area contributed by atoms with Crippen molar-refractivity contribution in [2.75, 3.05) is 0 Å². The minimum atomic E-state index is -2.50.